The molecule has 0 bridgehead atoms. The van der Waals surface area contributed by atoms with Crippen LogP contribution >= 0.6 is 0 Å². The molecule has 0 radical (unpaired) electrons. The summed E-state index contributed by atoms with van der Waals surface area (Å²) in [7, 11) is 1.42. The Bertz CT molecular complexity index is 686. The quantitative estimate of drug-likeness (QED) is 0.558. The second-order valence-corrected chi connectivity index (χ2v) is 5.48. The van der Waals surface area contributed by atoms with Gasteiger partial charge in [-0.05, 0) is 17.7 Å². The van der Waals surface area contributed by atoms with Crippen molar-refractivity contribution in [3.63, 3.8) is 0 Å². The van der Waals surface area contributed by atoms with Gasteiger partial charge in [-0.3, -0.25) is 9.59 Å². The van der Waals surface area contributed by atoms with Crippen LogP contribution in [0.25, 0.3) is 0 Å². The van der Waals surface area contributed by atoms with Crippen molar-refractivity contribution in [2.24, 2.45) is 0 Å². The van der Waals surface area contributed by atoms with Crippen LogP contribution < -0.4 is 4.74 Å². The van der Waals surface area contributed by atoms with E-state index in [9.17, 15) is 35.9 Å². The van der Waals surface area contributed by atoms with E-state index in [1.54, 1.807) is 0 Å². The van der Waals surface area contributed by atoms with Crippen molar-refractivity contribution in [2.45, 2.75) is 24.7 Å². The summed E-state index contributed by atoms with van der Waals surface area (Å²) in [5.74, 6) is -2.65. The number of hydrogen-bond donors (Lipinski definition) is 0. The molecule has 0 saturated carbocycles. The molecule has 0 amide bonds. The van der Waals surface area contributed by atoms with Gasteiger partial charge in [-0.25, -0.2) is 4.90 Å². The minimum Gasteiger partial charge on any atom is -0.497 e. The number of methoxy groups -OCH3 is 1. The highest BCUT2D eigenvalue weighted by atomic mass is 19.4. The maximum atomic E-state index is 13.1. The van der Waals surface area contributed by atoms with Crippen molar-refractivity contribution < 1.29 is 50.1 Å². The Morgan fingerprint density at radius 3 is 2.19 bits per heavy atom. The Morgan fingerprint density at radius 2 is 1.70 bits per heavy atom. The Morgan fingerprint density at radius 1 is 1.15 bits per heavy atom. The summed E-state index contributed by atoms with van der Waals surface area (Å²) in [6.45, 7) is -3.20. The van der Waals surface area contributed by atoms with Crippen LogP contribution in [0.1, 0.15) is 5.56 Å². The molecule has 0 spiro atoms. The lowest BCUT2D eigenvalue weighted by Gasteiger charge is -2.37. The van der Waals surface area contributed by atoms with Crippen molar-refractivity contribution in [3.8, 4) is 5.75 Å². The monoisotopic (exact) mass is 401 g/mol. The highest BCUT2D eigenvalue weighted by molar-refractivity contribution is 5.78. The number of halogens is 6. The Balaban J connectivity index is 2.11. The molecule has 1 saturated heterocycles. The highest BCUT2D eigenvalue weighted by Crippen LogP contribution is 2.50. The predicted octanol–water partition coefficient (Wildman–Crippen LogP) is 2.42. The number of ether oxygens (including phenoxy) is 3. The Labute approximate surface area is 148 Å². The second kappa shape index (κ2) is 7.25. The molecule has 2 rings (SSSR count). The largest absolute Gasteiger partial charge is 0.497 e. The van der Waals surface area contributed by atoms with Gasteiger partial charge in [0.1, 0.15) is 25.4 Å². The number of alkyl halides is 6. The summed E-state index contributed by atoms with van der Waals surface area (Å²) in [6.07, 6.45) is -12.0. The van der Waals surface area contributed by atoms with E-state index in [1.165, 1.54) is 31.4 Å². The van der Waals surface area contributed by atoms with E-state index in [4.69, 9.17) is 9.47 Å². The summed E-state index contributed by atoms with van der Waals surface area (Å²) in [5.41, 5.74) is -4.47. The highest BCUT2D eigenvalue weighted by Gasteiger charge is 2.80. The molecule has 1 aromatic rings. The zero-order chi connectivity index (χ0) is 20.5. The average Bonchev–Trinajstić information content (AvgIpc) is 2.90. The summed E-state index contributed by atoms with van der Waals surface area (Å²) in [6, 6.07) is 6.03. The van der Waals surface area contributed by atoms with Crippen LogP contribution in [-0.2, 0) is 25.7 Å². The van der Waals surface area contributed by atoms with Gasteiger partial charge in [0.05, 0.1) is 7.11 Å². The molecule has 27 heavy (non-hydrogen) atoms. The molecule has 1 aliphatic heterocycles. The summed E-state index contributed by atoms with van der Waals surface area (Å²) >= 11 is 0. The molecule has 1 aliphatic rings. The van der Waals surface area contributed by atoms with Gasteiger partial charge in [-0.15, -0.1) is 0 Å². The van der Waals surface area contributed by atoms with Crippen LogP contribution in [-0.4, -0.2) is 55.1 Å². The third kappa shape index (κ3) is 4.10. The zero-order valence-electron chi connectivity index (χ0n) is 13.7. The maximum absolute atomic E-state index is 13.1. The van der Waals surface area contributed by atoms with E-state index in [1.807, 2.05) is 0 Å². The molecule has 1 heterocycles. The van der Waals surface area contributed by atoms with E-state index in [2.05, 4.69) is 4.74 Å². The topological polar surface area (TPSA) is 65.1 Å². The molecular weight excluding hydrogens is 388 g/mol. The van der Waals surface area contributed by atoms with Crippen LogP contribution in [0.4, 0.5) is 26.3 Å². The maximum Gasteiger partial charge on any atom is 0.453 e. The van der Waals surface area contributed by atoms with Crippen molar-refractivity contribution in [1.82, 2.24) is 4.90 Å². The molecule has 6 nitrogen and oxygen atoms in total. The standard InChI is InChI=1S/C15H13F6NO5/c1-25-10-4-2-9(3-5-10)8-26-11(23)6-22-7-12(24)27-13(22,14(16,17)18)15(19,20)21/h2-5H,6-8H2,1H3. The van der Waals surface area contributed by atoms with Gasteiger partial charge in [-0.1, -0.05) is 12.1 Å². The molecule has 1 fully saturated rings. The van der Waals surface area contributed by atoms with E-state index >= 15 is 0 Å². The number of esters is 2. The lowest BCUT2D eigenvalue weighted by Crippen LogP contribution is -2.66. The molecule has 0 N–H and O–H groups in total. The molecule has 1 aromatic carbocycles. The zero-order valence-corrected chi connectivity index (χ0v) is 13.7. The number of benzene rings is 1. The van der Waals surface area contributed by atoms with Gasteiger partial charge in [0.2, 0.25) is 0 Å². The first-order valence-electron chi connectivity index (χ1n) is 7.29. The number of cyclic esters (lactones) is 1. The summed E-state index contributed by atoms with van der Waals surface area (Å²) in [4.78, 5) is 22.5. The van der Waals surface area contributed by atoms with Crippen LogP contribution in [0.2, 0.25) is 0 Å². The third-order valence-corrected chi connectivity index (χ3v) is 3.67. The van der Waals surface area contributed by atoms with Crippen LogP contribution in [0, 0.1) is 0 Å². The van der Waals surface area contributed by atoms with Gasteiger partial charge < -0.3 is 14.2 Å². The predicted molar refractivity (Wildman–Crippen MR) is 75.3 cm³/mol. The first-order valence-corrected chi connectivity index (χ1v) is 7.29. The van der Waals surface area contributed by atoms with Crippen molar-refractivity contribution in [3.05, 3.63) is 29.8 Å². The average molecular weight is 401 g/mol. The van der Waals surface area contributed by atoms with Crippen LogP contribution in [0.15, 0.2) is 24.3 Å². The molecule has 12 heteroatoms. The van der Waals surface area contributed by atoms with Gasteiger partial charge in [0, 0.05) is 0 Å². The van der Waals surface area contributed by atoms with Gasteiger partial charge in [0.25, 0.3) is 0 Å². The van der Waals surface area contributed by atoms with E-state index in [0.717, 1.165) is 0 Å². The Hall–Kier alpha value is -2.50. The van der Waals surface area contributed by atoms with Crippen molar-refractivity contribution in [1.29, 1.82) is 0 Å². The first-order chi connectivity index (χ1) is 12.4. The number of carbonyl (C=O) groups excluding carboxylic acids is 2. The van der Waals surface area contributed by atoms with Gasteiger partial charge in [0.15, 0.2) is 0 Å². The number of hydrogen-bond acceptors (Lipinski definition) is 6. The number of nitrogens with zero attached hydrogens (tertiary/aromatic N) is 1. The lowest BCUT2D eigenvalue weighted by molar-refractivity contribution is -0.399. The van der Waals surface area contributed by atoms with Crippen LogP contribution in [0.5, 0.6) is 5.75 Å². The molecule has 0 aromatic heterocycles. The van der Waals surface area contributed by atoms with Gasteiger partial charge >= 0.3 is 30.0 Å². The normalized spacial score (nSPS) is 17.5. The second-order valence-electron chi connectivity index (χ2n) is 5.48. The molecular formula is C15H13F6NO5. The Kier molecular flexibility index (Phi) is 5.59. The van der Waals surface area contributed by atoms with E-state index < -0.39 is 54.6 Å². The van der Waals surface area contributed by atoms with E-state index in [0.29, 0.717) is 11.3 Å². The third-order valence-electron chi connectivity index (χ3n) is 3.67. The molecule has 0 aliphatic carbocycles. The summed E-state index contributed by atoms with van der Waals surface area (Å²) in [5, 5.41) is 0. The molecule has 0 unspecified atom stereocenters. The van der Waals surface area contributed by atoms with Crippen LogP contribution in [0.3, 0.4) is 0 Å². The smallest absolute Gasteiger partial charge is 0.453 e. The fraction of sp³-hybridized carbons (Fsp3) is 0.467. The SMILES string of the molecule is COc1ccc(COC(=O)CN2CC(=O)OC2(C(F)(F)F)C(F)(F)F)cc1. The fourth-order valence-electron chi connectivity index (χ4n) is 2.42. The van der Waals surface area contributed by atoms with E-state index in [-0.39, 0.29) is 0 Å². The molecule has 150 valence electrons. The minimum absolute atomic E-state index is 0.392. The first kappa shape index (κ1) is 20.8. The summed E-state index contributed by atoms with van der Waals surface area (Å²) < 4.78 is 91.8. The fourth-order valence-corrected chi connectivity index (χ4v) is 2.42. The molecule has 0 atom stereocenters. The van der Waals surface area contributed by atoms with Gasteiger partial charge in [-0.2, -0.15) is 26.3 Å². The number of carbonyl (C=O) groups is 2. The number of rotatable bonds is 5. The van der Waals surface area contributed by atoms with Crippen molar-refractivity contribution in [2.75, 3.05) is 20.2 Å². The minimum atomic E-state index is -6.01. The lowest BCUT2D eigenvalue weighted by atomic mass is 10.1. The van der Waals surface area contributed by atoms with Crippen molar-refractivity contribution >= 4 is 11.9 Å².